The lowest BCUT2D eigenvalue weighted by Gasteiger charge is -2.15. The van der Waals surface area contributed by atoms with Crippen LogP contribution in [-0.4, -0.2) is 66.0 Å². The van der Waals surface area contributed by atoms with Gasteiger partial charge in [0.05, 0.1) is 22.3 Å². The van der Waals surface area contributed by atoms with Crippen molar-refractivity contribution in [2.45, 2.75) is 20.5 Å². The van der Waals surface area contributed by atoms with Crippen LogP contribution in [0.5, 0.6) is 5.75 Å². The van der Waals surface area contributed by atoms with E-state index in [1.54, 1.807) is 56.8 Å². The minimum atomic E-state index is -3.09. The van der Waals surface area contributed by atoms with Gasteiger partial charge in [-0.05, 0) is 56.3 Å². The fourth-order valence-corrected chi connectivity index (χ4v) is 4.03. The molecule has 4 heterocycles. The molecule has 4 aromatic heterocycles. The van der Waals surface area contributed by atoms with Crippen molar-refractivity contribution in [2.24, 2.45) is 0 Å². The second-order valence-corrected chi connectivity index (χ2v) is 8.95. The van der Waals surface area contributed by atoms with Crippen LogP contribution in [0, 0.1) is 25.2 Å². The molecule has 0 fully saturated rings. The minimum Gasteiger partial charge on any atom is -0.431 e. The van der Waals surface area contributed by atoms with E-state index in [2.05, 4.69) is 35.3 Å². The summed E-state index contributed by atoms with van der Waals surface area (Å²) >= 11 is 0. The van der Waals surface area contributed by atoms with Crippen molar-refractivity contribution in [3.05, 3.63) is 71.4 Å². The normalized spacial score (nSPS) is 11.1. The molecule has 0 saturated heterocycles. The average molecular weight is 545 g/mol. The zero-order valence-electron chi connectivity index (χ0n) is 21.8. The summed E-state index contributed by atoms with van der Waals surface area (Å²) in [4.78, 5) is 23.1. The highest BCUT2D eigenvalue weighted by Crippen LogP contribution is 2.29. The maximum absolute atomic E-state index is 13.2. The molecule has 0 unspecified atom stereocenters. The Balaban J connectivity index is 1.58. The van der Waals surface area contributed by atoms with Gasteiger partial charge in [-0.25, -0.2) is 14.6 Å². The zero-order valence-corrected chi connectivity index (χ0v) is 21.8. The zero-order chi connectivity index (χ0) is 28.6. The van der Waals surface area contributed by atoms with Gasteiger partial charge in [-0.1, -0.05) is 0 Å². The van der Waals surface area contributed by atoms with E-state index in [0.717, 1.165) is 0 Å². The Kier molecular flexibility index (Phi) is 6.78. The molecule has 0 aliphatic heterocycles. The van der Waals surface area contributed by atoms with Crippen LogP contribution in [0.25, 0.3) is 22.7 Å². The number of benzene rings is 1. The van der Waals surface area contributed by atoms with Crippen LogP contribution in [0.1, 0.15) is 27.4 Å². The van der Waals surface area contributed by atoms with Crippen molar-refractivity contribution in [1.29, 1.82) is 5.26 Å². The third-order valence-electron chi connectivity index (χ3n) is 5.85. The predicted molar refractivity (Wildman–Crippen MR) is 140 cm³/mol. The van der Waals surface area contributed by atoms with E-state index in [1.807, 2.05) is 6.07 Å². The van der Waals surface area contributed by atoms with Crippen molar-refractivity contribution in [3.63, 3.8) is 0 Å². The summed E-state index contributed by atoms with van der Waals surface area (Å²) in [6.07, 6.45) is 1.54. The summed E-state index contributed by atoms with van der Waals surface area (Å²) < 4.78 is 33.9. The second-order valence-electron chi connectivity index (χ2n) is 8.95. The first-order valence-corrected chi connectivity index (χ1v) is 11.9. The molecule has 0 radical (unpaired) electrons. The third kappa shape index (κ3) is 4.99. The maximum Gasteiger partial charge on any atom is 0.387 e. The average Bonchev–Trinajstić information content (AvgIpc) is 3.52. The molecular weight excluding hydrogens is 522 g/mol. The van der Waals surface area contributed by atoms with Crippen LogP contribution < -0.4 is 10.1 Å². The molecule has 0 atom stereocenters. The predicted octanol–water partition coefficient (Wildman–Crippen LogP) is 3.93. The quantitative estimate of drug-likeness (QED) is 0.323. The Morgan fingerprint density at radius 2 is 1.93 bits per heavy atom. The number of alkyl halides is 2. The SMILES string of the molecule is Cc1cc(C(=O)N(C)C)c(Nc2ccc3ncn(-c4ccc(OC(F)F)c(-n5nc(C#N)cc5C)n4)c3c2)nn1. The van der Waals surface area contributed by atoms with Gasteiger partial charge in [0.2, 0.25) is 0 Å². The van der Waals surface area contributed by atoms with Gasteiger partial charge in [0, 0.05) is 25.5 Å². The number of anilines is 2. The number of rotatable bonds is 7. The third-order valence-corrected chi connectivity index (χ3v) is 5.85. The number of imidazole rings is 1. The maximum atomic E-state index is 13.2. The van der Waals surface area contributed by atoms with Crippen LogP contribution in [0.4, 0.5) is 20.3 Å². The molecule has 0 bridgehead atoms. The monoisotopic (exact) mass is 544 g/mol. The van der Waals surface area contributed by atoms with Crippen molar-refractivity contribution in [3.8, 4) is 23.5 Å². The molecule has 1 amide bonds. The molecule has 0 aliphatic rings. The summed E-state index contributed by atoms with van der Waals surface area (Å²) in [5, 5.41) is 24.8. The number of hydrogen-bond acceptors (Lipinski definition) is 9. The Morgan fingerprint density at radius 3 is 2.62 bits per heavy atom. The summed E-state index contributed by atoms with van der Waals surface area (Å²) in [6, 6.07) is 13.3. The number of pyridine rings is 1. The molecule has 0 saturated carbocycles. The van der Waals surface area contributed by atoms with E-state index in [1.165, 1.54) is 34.1 Å². The Bertz CT molecular complexity index is 1790. The molecule has 14 heteroatoms. The lowest BCUT2D eigenvalue weighted by Crippen LogP contribution is -2.23. The van der Waals surface area contributed by atoms with E-state index in [9.17, 15) is 18.8 Å². The second kappa shape index (κ2) is 10.4. The fraction of sp³-hybridized carbons (Fsp3) is 0.192. The number of aryl methyl sites for hydroxylation is 2. The van der Waals surface area contributed by atoms with E-state index in [-0.39, 0.29) is 29.0 Å². The summed E-state index contributed by atoms with van der Waals surface area (Å²) in [5.74, 6) is 0.157. The molecule has 12 nitrogen and oxygen atoms in total. The van der Waals surface area contributed by atoms with Crippen LogP contribution >= 0.6 is 0 Å². The number of carbonyl (C=O) groups excluding carboxylic acids is 1. The molecule has 40 heavy (non-hydrogen) atoms. The molecule has 5 rings (SSSR count). The summed E-state index contributed by atoms with van der Waals surface area (Å²) in [6.45, 7) is 0.329. The lowest BCUT2D eigenvalue weighted by atomic mass is 10.2. The van der Waals surface area contributed by atoms with Gasteiger partial charge in [-0.15, -0.1) is 5.10 Å². The van der Waals surface area contributed by atoms with Crippen molar-refractivity contribution < 1.29 is 18.3 Å². The molecule has 5 aromatic rings. The molecule has 202 valence electrons. The number of aromatic nitrogens is 7. The highest BCUT2D eigenvalue weighted by molar-refractivity contribution is 5.99. The fourth-order valence-electron chi connectivity index (χ4n) is 4.03. The molecule has 0 spiro atoms. The smallest absolute Gasteiger partial charge is 0.387 e. The van der Waals surface area contributed by atoms with Crippen LogP contribution in [-0.2, 0) is 0 Å². The van der Waals surface area contributed by atoms with E-state index < -0.39 is 6.61 Å². The Hall–Kier alpha value is -5.45. The highest BCUT2D eigenvalue weighted by atomic mass is 19.3. The number of ether oxygens (including phenoxy) is 1. The molecule has 1 aromatic carbocycles. The van der Waals surface area contributed by atoms with Gasteiger partial charge in [-0.3, -0.25) is 9.36 Å². The highest BCUT2D eigenvalue weighted by Gasteiger charge is 2.20. The van der Waals surface area contributed by atoms with Crippen LogP contribution in [0.2, 0.25) is 0 Å². The topological polar surface area (TPSA) is 140 Å². The van der Waals surface area contributed by atoms with E-state index >= 15 is 0 Å². The van der Waals surface area contributed by atoms with Gasteiger partial charge in [-0.2, -0.15) is 24.2 Å². The van der Waals surface area contributed by atoms with Crippen LogP contribution in [0.15, 0.2) is 48.8 Å². The minimum absolute atomic E-state index is 0.0188. The number of hydrogen-bond donors (Lipinski definition) is 1. The first-order chi connectivity index (χ1) is 19.1. The van der Waals surface area contributed by atoms with E-state index in [0.29, 0.717) is 39.5 Å². The van der Waals surface area contributed by atoms with E-state index in [4.69, 9.17) is 0 Å². The van der Waals surface area contributed by atoms with Gasteiger partial charge < -0.3 is 15.0 Å². The van der Waals surface area contributed by atoms with Crippen molar-refractivity contribution >= 4 is 28.4 Å². The number of nitriles is 1. The summed E-state index contributed by atoms with van der Waals surface area (Å²) in [5.41, 5.74) is 3.41. The van der Waals surface area contributed by atoms with Gasteiger partial charge in [0.25, 0.3) is 5.91 Å². The van der Waals surface area contributed by atoms with Gasteiger partial charge >= 0.3 is 6.61 Å². The Labute approximate surface area is 226 Å². The molecule has 1 N–H and O–H groups in total. The number of carbonyl (C=O) groups is 1. The number of fused-ring (bicyclic) bond motifs is 1. The number of amides is 1. The number of halogens is 2. The first-order valence-electron chi connectivity index (χ1n) is 11.9. The molecular formula is C26H22F2N10O2. The largest absolute Gasteiger partial charge is 0.431 e. The summed E-state index contributed by atoms with van der Waals surface area (Å²) in [7, 11) is 3.30. The first kappa shape index (κ1) is 26.2. The van der Waals surface area contributed by atoms with Gasteiger partial charge in [0.15, 0.2) is 23.1 Å². The molecule has 0 aliphatic carbocycles. The van der Waals surface area contributed by atoms with Crippen molar-refractivity contribution in [1.82, 2.24) is 39.4 Å². The number of nitrogens with zero attached hydrogens (tertiary/aromatic N) is 9. The number of nitrogens with one attached hydrogen (secondary N) is 1. The van der Waals surface area contributed by atoms with Gasteiger partial charge in [0.1, 0.15) is 18.2 Å². The lowest BCUT2D eigenvalue weighted by molar-refractivity contribution is -0.0501. The van der Waals surface area contributed by atoms with Crippen molar-refractivity contribution in [2.75, 3.05) is 19.4 Å². The Morgan fingerprint density at radius 1 is 1.12 bits per heavy atom. The standard InChI is InChI=1S/C26H22F2N10O2/c1-14-9-18(25(39)36(3)4)23(34-33-14)31-16-5-6-19-20(11-16)37(13-30-19)22-8-7-21(40-26(27)28)24(32-22)38-15(2)10-17(12-29)35-38/h5-11,13,26H,1-4H3,(H,31,34). The van der Waals surface area contributed by atoms with Crippen LogP contribution in [0.3, 0.4) is 0 Å².